The third-order valence-corrected chi connectivity index (χ3v) is 2.78. The highest BCUT2D eigenvalue weighted by atomic mass is 16.5. The van der Waals surface area contributed by atoms with E-state index in [2.05, 4.69) is 20.8 Å². The van der Waals surface area contributed by atoms with Gasteiger partial charge >= 0.3 is 0 Å². The number of hydrogen-bond acceptors (Lipinski definition) is 3. The lowest BCUT2D eigenvalue weighted by molar-refractivity contribution is 0.304. The molecule has 0 aliphatic rings. The van der Waals surface area contributed by atoms with Gasteiger partial charge in [0.25, 0.3) is 0 Å². The van der Waals surface area contributed by atoms with E-state index in [1.54, 1.807) is 7.11 Å². The Labute approximate surface area is 104 Å². The van der Waals surface area contributed by atoms with Crippen molar-refractivity contribution in [1.82, 2.24) is 0 Å². The molecule has 1 atom stereocenters. The number of benzene rings is 1. The van der Waals surface area contributed by atoms with Gasteiger partial charge in [0.2, 0.25) is 0 Å². The Morgan fingerprint density at radius 2 is 1.88 bits per heavy atom. The zero-order chi connectivity index (χ0) is 13.1. The van der Waals surface area contributed by atoms with Crippen molar-refractivity contribution in [2.24, 2.45) is 11.1 Å². The van der Waals surface area contributed by atoms with E-state index in [4.69, 9.17) is 15.2 Å². The summed E-state index contributed by atoms with van der Waals surface area (Å²) in [5.74, 6) is 1.50. The molecule has 0 unspecified atom stereocenters. The lowest BCUT2D eigenvalue weighted by Crippen LogP contribution is -2.26. The minimum absolute atomic E-state index is 0.0207. The summed E-state index contributed by atoms with van der Waals surface area (Å²) < 4.78 is 10.8. The number of nitrogens with two attached hydrogens (primary N) is 1. The van der Waals surface area contributed by atoms with Gasteiger partial charge in [0.15, 0.2) is 11.5 Å². The smallest absolute Gasteiger partial charge is 0.161 e. The molecule has 0 aliphatic carbocycles. The minimum Gasteiger partial charge on any atom is -0.493 e. The second-order valence-corrected chi connectivity index (χ2v) is 5.19. The number of hydrogen-bond donors (Lipinski definition) is 1. The first-order valence-electron chi connectivity index (χ1n) is 5.96. The summed E-state index contributed by atoms with van der Waals surface area (Å²) in [5.41, 5.74) is 7.33. The highest BCUT2D eigenvalue weighted by Gasteiger charge is 2.23. The molecule has 0 aliphatic heterocycles. The van der Waals surface area contributed by atoms with Gasteiger partial charge in [-0.2, -0.15) is 0 Å². The molecule has 0 spiro atoms. The molecule has 0 saturated heterocycles. The monoisotopic (exact) mass is 237 g/mol. The predicted molar refractivity (Wildman–Crippen MR) is 70.5 cm³/mol. The molecule has 2 N–H and O–H groups in total. The summed E-state index contributed by atoms with van der Waals surface area (Å²) in [6.07, 6.45) is 0. The van der Waals surface area contributed by atoms with Crippen molar-refractivity contribution in [1.29, 1.82) is 0 Å². The summed E-state index contributed by atoms with van der Waals surface area (Å²) in [5, 5.41) is 0. The van der Waals surface area contributed by atoms with Crippen LogP contribution >= 0.6 is 0 Å². The number of ether oxygens (including phenoxy) is 2. The highest BCUT2D eigenvalue weighted by molar-refractivity contribution is 5.44. The van der Waals surface area contributed by atoms with Crippen LogP contribution in [0.2, 0.25) is 0 Å². The van der Waals surface area contributed by atoms with Crippen LogP contribution in [-0.4, -0.2) is 13.7 Å². The van der Waals surface area contributed by atoms with Crippen LogP contribution in [0.5, 0.6) is 11.5 Å². The first-order chi connectivity index (χ1) is 7.90. The summed E-state index contributed by atoms with van der Waals surface area (Å²) in [6.45, 7) is 8.95. The molecule has 1 aromatic carbocycles. The average molecular weight is 237 g/mol. The third kappa shape index (κ3) is 3.37. The Balaban J connectivity index is 3.07. The molecule has 3 heteroatoms. The van der Waals surface area contributed by atoms with Gasteiger partial charge in [-0.3, -0.25) is 0 Å². The van der Waals surface area contributed by atoms with E-state index in [1.165, 1.54) is 0 Å². The SMILES string of the molecule is CCOc1cc([C@@H](N)C(C)(C)C)ccc1OC. The first-order valence-corrected chi connectivity index (χ1v) is 5.96. The van der Waals surface area contributed by atoms with Gasteiger partial charge in [0.05, 0.1) is 13.7 Å². The van der Waals surface area contributed by atoms with Crippen LogP contribution in [0.1, 0.15) is 39.3 Å². The van der Waals surface area contributed by atoms with Gasteiger partial charge in [0.1, 0.15) is 0 Å². The van der Waals surface area contributed by atoms with Crippen molar-refractivity contribution in [3.05, 3.63) is 23.8 Å². The van der Waals surface area contributed by atoms with Crippen molar-refractivity contribution < 1.29 is 9.47 Å². The molecule has 96 valence electrons. The average Bonchev–Trinajstić information content (AvgIpc) is 2.27. The van der Waals surface area contributed by atoms with E-state index in [0.717, 1.165) is 17.1 Å². The maximum Gasteiger partial charge on any atom is 0.161 e. The van der Waals surface area contributed by atoms with Crippen molar-refractivity contribution in [2.45, 2.75) is 33.7 Å². The van der Waals surface area contributed by atoms with Crippen LogP contribution in [0.3, 0.4) is 0 Å². The number of rotatable bonds is 4. The largest absolute Gasteiger partial charge is 0.493 e. The van der Waals surface area contributed by atoms with Crippen LogP contribution in [0.25, 0.3) is 0 Å². The zero-order valence-corrected chi connectivity index (χ0v) is 11.4. The fourth-order valence-electron chi connectivity index (χ4n) is 1.66. The van der Waals surface area contributed by atoms with Crippen molar-refractivity contribution >= 4 is 0 Å². The van der Waals surface area contributed by atoms with E-state index in [-0.39, 0.29) is 11.5 Å². The van der Waals surface area contributed by atoms with E-state index in [0.29, 0.717) is 6.61 Å². The summed E-state index contributed by atoms with van der Waals surface area (Å²) in [6, 6.07) is 5.86. The fraction of sp³-hybridized carbons (Fsp3) is 0.571. The zero-order valence-electron chi connectivity index (χ0n) is 11.4. The van der Waals surface area contributed by atoms with E-state index in [9.17, 15) is 0 Å². The molecule has 0 saturated carbocycles. The molecule has 0 heterocycles. The van der Waals surface area contributed by atoms with Crippen LogP contribution in [0.4, 0.5) is 0 Å². The lowest BCUT2D eigenvalue weighted by atomic mass is 9.83. The molecule has 0 aromatic heterocycles. The van der Waals surface area contributed by atoms with Gasteiger partial charge in [-0.15, -0.1) is 0 Å². The Bertz CT molecular complexity index is 369. The lowest BCUT2D eigenvalue weighted by Gasteiger charge is -2.28. The number of methoxy groups -OCH3 is 1. The second-order valence-electron chi connectivity index (χ2n) is 5.19. The van der Waals surface area contributed by atoms with Crippen molar-refractivity contribution in [2.75, 3.05) is 13.7 Å². The molecule has 0 bridgehead atoms. The quantitative estimate of drug-likeness (QED) is 0.875. The minimum atomic E-state index is -0.0207. The van der Waals surface area contributed by atoms with Gasteiger partial charge in [-0.05, 0) is 30.0 Å². The van der Waals surface area contributed by atoms with Gasteiger partial charge in [0, 0.05) is 6.04 Å². The van der Waals surface area contributed by atoms with Crippen LogP contribution in [0.15, 0.2) is 18.2 Å². The molecule has 3 nitrogen and oxygen atoms in total. The molecule has 1 rings (SSSR count). The van der Waals surface area contributed by atoms with Gasteiger partial charge in [-0.1, -0.05) is 26.8 Å². The maximum atomic E-state index is 6.23. The van der Waals surface area contributed by atoms with E-state index < -0.39 is 0 Å². The summed E-state index contributed by atoms with van der Waals surface area (Å²) >= 11 is 0. The van der Waals surface area contributed by atoms with Gasteiger partial charge < -0.3 is 15.2 Å². The van der Waals surface area contributed by atoms with Crippen LogP contribution in [-0.2, 0) is 0 Å². The van der Waals surface area contributed by atoms with Crippen molar-refractivity contribution in [3.8, 4) is 11.5 Å². The molecular weight excluding hydrogens is 214 g/mol. The topological polar surface area (TPSA) is 44.5 Å². The predicted octanol–water partition coefficient (Wildman–Crippen LogP) is 3.14. The fourth-order valence-corrected chi connectivity index (χ4v) is 1.66. The highest BCUT2D eigenvalue weighted by Crippen LogP contribution is 2.35. The Kier molecular flexibility index (Phi) is 4.40. The molecule has 0 fully saturated rings. The third-order valence-electron chi connectivity index (χ3n) is 2.78. The standard InChI is InChI=1S/C14H23NO2/c1-6-17-12-9-10(7-8-11(12)16-5)13(15)14(2,3)4/h7-9,13H,6,15H2,1-5H3/t13-/m1/s1. The molecule has 17 heavy (non-hydrogen) atoms. The maximum absolute atomic E-state index is 6.23. The van der Waals surface area contributed by atoms with E-state index >= 15 is 0 Å². The Hall–Kier alpha value is -1.22. The Morgan fingerprint density at radius 3 is 2.35 bits per heavy atom. The normalized spacial score (nSPS) is 13.3. The summed E-state index contributed by atoms with van der Waals surface area (Å²) in [4.78, 5) is 0. The van der Waals surface area contributed by atoms with Crippen LogP contribution < -0.4 is 15.2 Å². The molecular formula is C14H23NO2. The first kappa shape index (κ1) is 13.8. The van der Waals surface area contributed by atoms with Gasteiger partial charge in [-0.25, -0.2) is 0 Å². The Morgan fingerprint density at radius 1 is 1.24 bits per heavy atom. The summed E-state index contributed by atoms with van der Waals surface area (Å²) in [7, 11) is 1.64. The molecule has 0 radical (unpaired) electrons. The second kappa shape index (κ2) is 5.41. The molecule has 0 amide bonds. The van der Waals surface area contributed by atoms with Crippen LogP contribution in [0, 0.1) is 5.41 Å². The molecule has 1 aromatic rings. The van der Waals surface area contributed by atoms with Crippen molar-refractivity contribution in [3.63, 3.8) is 0 Å². The van der Waals surface area contributed by atoms with E-state index in [1.807, 2.05) is 25.1 Å².